The molecule has 0 radical (unpaired) electrons. The van der Waals surface area contributed by atoms with Crippen LogP contribution >= 0.6 is 0 Å². The molecule has 0 amide bonds. The minimum absolute atomic E-state index is 0.600. The van der Waals surface area contributed by atoms with E-state index in [1.165, 1.54) is 0 Å². The first kappa shape index (κ1) is 6.49. The third-order valence-electron chi connectivity index (χ3n) is 1.55. The van der Waals surface area contributed by atoms with E-state index in [4.69, 9.17) is 14.6 Å². The van der Waals surface area contributed by atoms with Crippen LogP contribution < -0.4 is 9.47 Å². The van der Waals surface area contributed by atoms with Gasteiger partial charge in [0.05, 0.1) is 0 Å². The summed E-state index contributed by atoms with van der Waals surface area (Å²) in [5.41, 5.74) is 1.08. The van der Waals surface area contributed by atoms with E-state index in [1.54, 1.807) is 6.07 Å². The minimum Gasteiger partial charge on any atom is -0.428 e. The maximum Gasteiger partial charge on any atom is 0.358 e. The van der Waals surface area contributed by atoms with Gasteiger partial charge in [0.2, 0.25) is 0 Å². The van der Waals surface area contributed by atoms with Crippen LogP contribution in [0.15, 0.2) is 18.2 Å². The molecule has 1 aromatic carbocycles. The second-order valence-electron chi connectivity index (χ2n) is 2.49. The molecule has 1 unspecified atom stereocenters. The van der Waals surface area contributed by atoms with Gasteiger partial charge in [0, 0.05) is 0 Å². The minimum atomic E-state index is -1.13. The van der Waals surface area contributed by atoms with E-state index in [-0.39, 0.29) is 0 Å². The van der Waals surface area contributed by atoms with Crippen molar-refractivity contribution in [2.24, 2.45) is 0 Å². The van der Waals surface area contributed by atoms with Gasteiger partial charge in [0.1, 0.15) is 0 Å². The predicted octanol–water partition coefficient (Wildman–Crippen LogP) is 1.04. The van der Waals surface area contributed by atoms with Gasteiger partial charge in [-0.25, -0.2) is 0 Å². The fraction of sp³-hybridized carbons (Fsp3) is 0.250. The smallest absolute Gasteiger partial charge is 0.358 e. The van der Waals surface area contributed by atoms with Gasteiger partial charge >= 0.3 is 6.48 Å². The predicted molar refractivity (Wildman–Crippen MR) is 38.4 cm³/mol. The first-order valence-electron chi connectivity index (χ1n) is 3.38. The molecule has 0 saturated heterocycles. The molecular formula is C8H8O3. The molecule has 1 N–H and O–H groups in total. The highest BCUT2D eigenvalue weighted by Gasteiger charge is 2.20. The zero-order valence-electron chi connectivity index (χ0n) is 6.07. The lowest BCUT2D eigenvalue weighted by Crippen LogP contribution is -2.15. The Balaban J connectivity index is 2.43. The first-order chi connectivity index (χ1) is 5.25. The van der Waals surface area contributed by atoms with E-state index in [1.807, 2.05) is 19.1 Å². The molecule has 1 atom stereocenters. The molecule has 0 aliphatic carbocycles. The zero-order valence-corrected chi connectivity index (χ0v) is 6.07. The molecule has 3 heteroatoms. The summed E-state index contributed by atoms with van der Waals surface area (Å²) in [6.07, 6.45) is 0. The molecule has 2 rings (SSSR count). The van der Waals surface area contributed by atoms with E-state index in [2.05, 4.69) is 0 Å². The fourth-order valence-electron chi connectivity index (χ4n) is 1.05. The summed E-state index contributed by atoms with van der Waals surface area (Å²) in [5, 5.41) is 8.90. The van der Waals surface area contributed by atoms with Crippen LogP contribution in [0, 0.1) is 6.92 Å². The Morgan fingerprint density at radius 2 is 2.00 bits per heavy atom. The van der Waals surface area contributed by atoms with Gasteiger partial charge in [-0.15, -0.1) is 0 Å². The summed E-state index contributed by atoms with van der Waals surface area (Å²) in [5.74, 6) is 1.21. The Bertz CT molecular complexity index is 283. The van der Waals surface area contributed by atoms with Crippen LogP contribution in [-0.2, 0) is 0 Å². The summed E-state index contributed by atoms with van der Waals surface area (Å²) >= 11 is 0. The van der Waals surface area contributed by atoms with Gasteiger partial charge < -0.3 is 14.6 Å². The average Bonchev–Trinajstić information content (AvgIpc) is 2.27. The van der Waals surface area contributed by atoms with Crippen molar-refractivity contribution < 1.29 is 14.6 Å². The Morgan fingerprint density at radius 1 is 1.27 bits per heavy atom. The molecular weight excluding hydrogens is 144 g/mol. The molecule has 0 aromatic heterocycles. The number of hydrogen-bond acceptors (Lipinski definition) is 3. The maximum atomic E-state index is 8.90. The number of fused-ring (bicyclic) bond motifs is 1. The third kappa shape index (κ3) is 1.03. The molecule has 1 aliphatic rings. The highest BCUT2D eigenvalue weighted by molar-refractivity contribution is 5.44. The number of aliphatic hydroxyl groups excluding tert-OH is 1. The summed E-state index contributed by atoms with van der Waals surface area (Å²) in [4.78, 5) is 0. The summed E-state index contributed by atoms with van der Waals surface area (Å²) in [6, 6.07) is 5.51. The number of aryl methyl sites for hydroxylation is 1. The summed E-state index contributed by atoms with van der Waals surface area (Å²) < 4.78 is 9.82. The average molecular weight is 152 g/mol. The fourth-order valence-corrected chi connectivity index (χ4v) is 1.05. The van der Waals surface area contributed by atoms with Crippen LogP contribution in [0.1, 0.15) is 5.56 Å². The molecule has 0 saturated carbocycles. The van der Waals surface area contributed by atoms with Gasteiger partial charge in [0.15, 0.2) is 11.5 Å². The van der Waals surface area contributed by atoms with Gasteiger partial charge in [0.25, 0.3) is 0 Å². The SMILES string of the molecule is Cc1ccc2c(c1)OC(O)O2. The summed E-state index contributed by atoms with van der Waals surface area (Å²) in [7, 11) is 0. The number of rotatable bonds is 0. The van der Waals surface area contributed by atoms with E-state index in [0.717, 1.165) is 5.56 Å². The van der Waals surface area contributed by atoms with Crippen LogP contribution in [0.25, 0.3) is 0 Å². The lowest BCUT2D eigenvalue weighted by molar-refractivity contribution is -0.133. The second-order valence-corrected chi connectivity index (χ2v) is 2.49. The number of ether oxygens (including phenoxy) is 2. The van der Waals surface area contributed by atoms with Crippen molar-refractivity contribution in [3.05, 3.63) is 23.8 Å². The molecule has 1 aromatic rings. The number of aliphatic hydroxyl groups is 1. The number of benzene rings is 1. The van der Waals surface area contributed by atoms with Crippen LogP contribution in [-0.4, -0.2) is 11.6 Å². The largest absolute Gasteiger partial charge is 0.428 e. The van der Waals surface area contributed by atoms with Crippen LogP contribution in [0.3, 0.4) is 0 Å². The van der Waals surface area contributed by atoms with Gasteiger partial charge in [-0.05, 0) is 24.6 Å². The molecule has 0 bridgehead atoms. The van der Waals surface area contributed by atoms with Crippen LogP contribution in [0.5, 0.6) is 11.5 Å². The van der Waals surface area contributed by atoms with Crippen molar-refractivity contribution >= 4 is 0 Å². The molecule has 11 heavy (non-hydrogen) atoms. The van der Waals surface area contributed by atoms with Crippen molar-refractivity contribution in [2.75, 3.05) is 0 Å². The summed E-state index contributed by atoms with van der Waals surface area (Å²) in [6.45, 7) is 0.820. The standard InChI is InChI=1S/C8H8O3/c1-5-2-3-6-7(4-5)11-8(9)10-6/h2-4,8-9H,1H3. The molecule has 0 fully saturated rings. The van der Waals surface area contributed by atoms with Gasteiger partial charge in [-0.2, -0.15) is 0 Å². The van der Waals surface area contributed by atoms with Gasteiger partial charge in [-0.1, -0.05) is 6.07 Å². The van der Waals surface area contributed by atoms with Crippen molar-refractivity contribution in [1.82, 2.24) is 0 Å². The maximum absolute atomic E-state index is 8.90. The van der Waals surface area contributed by atoms with Crippen molar-refractivity contribution in [3.8, 4) is 11.5 Å². The Labute approximate surface area is 64.2 Å². The normalized spacial score (nSPS) is 20.4. The molecule has 1 heterocycles. The Morgan fingerprint density at radius 3 is 2.82 bits per heavy atom. The van der Waals surface area contributed by atoms with E-state index >= 15 is 0 Å². The van der Waals surface area contributed by atoms with Crippen molar-refractivity contribution in [1.29, 1.82) is 0 Å². The zero-order chi connectivity index (χ0) is 7.84. The monoisotopic (exact) mass is 152 g/mol. The van der Waals surface area contributed by atoms with E-state index in [9.17, 15) is 0 Å². The van der Waals surface area contributed by atoms with E-state index in [0.29, 0.717) is 11.5 Å². The highest BCUT2D eigenvalue weighted by Crippen LogP contribution is 2.34. The van der Waals surface area contributed by atoms with Crippen LogP contribution in [0.2, 0.25) is 0 Å². The lowest BCUT2D eigenvalue weighted by Gasteiger charge is -1.98. The molecule has 1 aliphatic heterocycles. The first-order valence-corrected chi connectivity index (χ1v) is 3.38. The molecule has 3 nitrogen and oxygen atoms in total. The third-order valence-corrected chi connectivity index (χ3v) is 1.55. The molecule has 0 spiro atoms. The van der Waals surface area contributed by atoms with Crippen molar-refractivity contribution in [2.45, 2.75) is 13.4 Å². The number of hydrogen-bond donors (Lipinski definition) is 1. The second kappa shape index (κ2) is 2.13. The lowest BCUT2D eigenvalue weighted by atomic mass is 10.2. The Hall–Kier alpha value is -1.22. The van der Waals surface area contributed by atoms with E-state index < -0.39 is 6.48 Å². The van der Waals surface area contributed by atoms with Crippen LogP contribution in [0.4, 0.5) is 0 Å². The quantitative estimate of drug-likeness (QED) is 0.603. The topological polar surface area (TPSA) is 38.7 Å². The molecule has 58 valence electrons. The Kier molecular flexibility index (Phi) is 1.26. The van der Waals surface area contributed by atoms with Gasteiger partial charge in [-0.3, -0.25) is 0 Å². The van der Waals surface area contributed by atoms with Crippen molar-refractivity contribution in [3.63, 3.8) is 0 Å². The highest BCUT2D eigenvalue weighted by atomic mass is 16.8.